The van der Waals surface area contributed by atoms with Gasteiger partial charge in [-0.2, -0.15) is 0 Å². The fraction of sp³-hybridized carbons (Fsp3) is 0.194. The molecular formula is C31H29NO2. The number of benzene rings is 3. The van der Waals surface area contributed by atoms with Crippen LogP contribution in [0.25, 0.3) is 22.2 Å². The first kappa shape index (κ1) is 22.0. The molecule has 0 aliphatic rings. The summed E-state index contributed by atoms with van der Waals surface area (Å²) < 4.78 is 8.69. The van der Waals surface area contributed by atoms with Crippen LogP contribution in [0.15, 0.2) is 95.5 Å². The van der Waals surface area contributed by atoms with Crippen LogP contribution in [-0.2, 0) is 18.3 Å². The van der Waals surface area contributed by atoms with Gasteiger partial charge in [0.05, 0.1) is 0 Å². The molecule has 3 heteroatoms. The summed E-state index contributed by atoms with van der Waals surface area (Å²) in [5, 5.41) is 1.23. The molecular weight excluding hydrogens is 418 g/mol. The molecule has 5 rings (SSSR count). The zero-order chi connectivity index (χ0) is 23.7. The summed E-state index contributed by atoms with van der Waals surface area (Å²) in [6.45, 7) is 3.72. The number of para-hydroxylation sites is 1. The van der Waals surface area contributed by atoms with E-state index in [4.69, 9.17) is 4.42 Å². The number of aromatic nitrogens is 1. The quantitative estimate of drug-likeness (QED) is 0.260. The highest BCUT2D eigenvalue weighted by molar-refractivity contribution is 5.86. The van der Waals surface area contributed by atoms with Gasteiger partial charge in [-0.25, -0.2) is 0 Å². The van der Waals surface area contributed by atoms with E-state index in [1.807, 2.05) is 18.2 Å². The number of hydrogen-bond acceptors (Lipinski definition) is 2. The Morgan fingerprint density at radius 1 is 0.912 bits per heavy atom. The van der Waals surface area contributed by atoms with Crippen molar-refractivity contribution in [2.45, 2.75) is 32.6 Å². The van der Waals surface area contributed by atoms with Crippen molar-refractivity contribution in [2.24, 2.45) is 7.05 Å². The van der Waals surface area contributed by atoms with Crippen LogP contribution in [0.2, 0.25) is 0 Å². The molecule has 3 aromatic carbocycles. The molecule has 0 radical (unpaired) electrons. The third kappa shape index (κ3) is 3.99. The third-order valence-electron chi connectivity index (χ3n) is 6.66. The van der Waals surface area contributed by atoms with E-state index in [2.05, 4.69) is 91.5 Å². The van der Waals surface area contributed by atoms with Crippen molar-refractivity contribution >= 4 is 16.7 Å². The first-order chi connectivity index (χ1) is 16.5. The zero-order valence-electron chi connectivity index (χ0n) is 19.9. The number of aryl methyl sites for hydroxylation is 2. The maximum atomic E-state index is 12.0. The number of rotatable bonds is 7. The molecule has 1 atom stereocenters. The minimum Gasteiger partial charge on any atom is -0.461 e. The summed E-state index contributed by atoms with van der Waals surface area (Å²) in [4.78, 5) is 12.0. The molecule has 0 N–H and O–H groups in total. The van der Waals surface area contributed by atoms with E-state index in [1.54, 1.807) is 6.92 Å². The second kappa shape index (κ2) is 9.18. The van der Waals surface area contributed by atoms with E-state index in [0.29, 0.717) is 12.8 Å². The van der Waals surface area contributed by atoms with Gasteiger partial charge in [-0.3, -0.25) is 0 Å². The number of furan rings is 1. The lowest BCUT2D eigenvalue weighted by Gasteiger charge is -2.19. The van der Waals surface area contributed by atoms with Crippen molar-refractivity contribution in [1.29, 1.82) is 0 Å². The van der Waals surface area contributed by atoms with Crippen LogP contribution in [0.1, 0.15) is 47.3 Å². The largest absolute Gasteiger partial charge is 0.461 e. The smallest absolute Gasteiger partial charge is 0.137 e. The molecule has 1 unspecified atom stereocenters. The molecule has 0 saturated heterocycles. The molecule has 5 aromatic rings. The fourth-order valence-corrected chi connectivity index (χ4v) is 5.10. The van der Waals surface area contributed by atoms with Crippen LogP contribution in [-0.4, -0.2) is 10.4 Å². The highest BCUT2D eigenvalue weighted by Crippen LogP contribution is 2.44. The Kier molecular flexibility index (Phi) is 5.93. The first-order valence-corrected chi connectivity index (χ1v) is 11.8. The highest BCUT2D eigenvalue weighted by atomic mass is 16.3. The molecule has 0 amide bonds. The van der Waals surface area contributed by atoms with Gasteiger partial charge in [0.1, 0.15) is 17.3 Å². The van der Waals surface area contributed by atoms with Gasteiger partial charge in [0, 0.05) is 53.2 Å². The Morgan fingerprint density at radius 3 is 2.26 bits per heavy atom. The maximum absolute atomic E-state index is 12.0. The van der Waals surface area contributed by atoms with Crippen molar-refractivity contribution in [1.82, 2.24) is 4.57 Å². The lowest BCUT2D eigenvalue weighted by molar-refractivity contribution is -0.116. The summed E-state index contributed by atoms with van der Waals surface area (Å²) in [5.41, 5.74) is 7.00. The fourth-order valence-electron chi connectivity index (χ4n) is 5.10. The molecule has 170 valence electrons. The number of Topliss-reactive ketones (excluding diaryl/α,β-unsaturated/α-hetero) is 1. The van der Waals surface area contributed by atoms with Crippen molar-refractivity contribution in [2.75, 3.05) is 0 Å². The van der Waals surface area contributed by atoms with Crippen molar-refractivity contribution in [3.05, 3.63) is 119 Å². The number of fused-ring (bicyclic) bond motifs is 1. The van der Waals surface area contributed by atoms with Gasteiger partial charge in [0.25, 0.3) is 0 Å². The standard InChI is InChI=1S/C31H29NO2/c1-21(33)18-19-26-29(22(2)34-31(26)24-14-8-5-9-15-24)30(23-12-6-4-7-13-23)27-20-32(3)28-17-11-10-16-25(27)28/h4-17,20,30H,18-19H2,1-3H3. The van der Waals surface area contributed by atoms with E-state index in [0.717, 1.165) is 22.6 Å². The molecule has 3 nitrogen and oxygen atoms in total. The van der Waals surface area contributed by atoms with Crippen LogP contribution >= 0.6 is 0 Å². The zero-order valence-corrected chi connectivity index (χ0v) is 19.9. The van der Waals surface area contributed by atoms with Gasteiger partial charge < -0.3 is 13.8 Å². The molecule has 0 aliphatic carbocycles. The maximum Gasteiger partial charge on any atom is 0.137 e. The number of carbonyl (C=O) groups excluding carboxylic acids is 1. The molecule has 2 aromatic heterocycles. The predicted molar refractivity (Wildman–Crippen MR) is 138 cm³/mol. The highest BCUT2D eigenvalue weighted by Gasteiger charge is 2.30. The van der Waals surface area contributed by atoms with E-state index in [9.17, 15) is 4.79 Å². The Hall–Kier alpha value is -3.85. The van der Waals surface area contributed by atoms with Gasteiger partial charge in [-0.05, 0) is 37.5 Å². The van der Waals surface area contributed by atoms with Crippen molar-refractivity contribution in [3.8, 4) is 11.3 Å². The van der Waals surface area contributed by atoms with Crippen molar-refractivity contribution in [3.63, 3.8) is 0 Å². The Morgan fingerprint density at radius 2 is 1.56 bits per heavy atom. The Bertz CT molecular complexity index is 1440. The minimum atomic E-state index is -0.00419. The molecule has 0 spiro atoms. The van der Waals surface area contributed by atoms with Crippen LogP contribution in [0.3, 0.4) is 0 Å². The second-order valence-corrected chi connectivity index (χ2v) is 9.00. The van der Waals surface area contributed by atoms with Crippen LogP contribution in [0, 0.1) is 6.92 Å². The van der Waals surface area contributed by atoms with E-state index in [1.165, 1.54) is 27.6 Å². The number of carbonyl (C=O) groups is 1. The third-order valence-corrected chi connectivity index (χ3v) is 6.66. The molecule has 34 heavy (non-hydrogen) atoms. The number of nitrogens with zero attached hydrogens (tertiary/aromatic N) is 1. The molecule has 0 bridgehead atoms. The lowest BCUT2D eigenvalue weighted by atomic mass is 9.81. The van der Waals surface area contributed by atoms with E-state index < -0.39 is 0 Å². The van der Waals surface area contributed by atoms with Gasteiger partial charge in [-0.1, -0.05) is 78.9 Å². The average Bonchev–Trinajstić information content (AvgIpc) is 3.36. The molecule has 0 aliphatic heterocycles. The average molecular weight is 448 g/mol. The van der Waals surface area contributed by atoms with Crippen LogP contribution < -0.4 is 0 Å². The van der Waals surface area contributed by atoms with Crippen molar-refractivity contribution < 1.29 is 9.21 Å². The monoisotopic (exact) mass is 447 g/mol. The van der Waals surface area contributed by atoms with Crippen LogP contribution in [0.5, 0.6) is 0 Å². The minimum absolute atomic E-state index is 0.00419. The molecule has 2 heterocycles. The Balaban J connectivity index is 1.80. The molecule has 0 saturated carbocycles. The summed E-state index contributed by atoms with van der Waals surface area (Å²) in [6.07, 6.45) is 3.38. The van der Waals surface area contributed by atoms with Crippen LogP contribution in [0.4, 0.5) is 0 Å². The van der Waals surface area contributed by atoms with E-state index in [-0.39, 0.29) is 11.7 Å². The lowest BCUT2D eigenvalue weighted by Crippen LogP contribution is -2.08. The van der Waals surface area contributed by atoms with Gasteiger partial charge in [0.2, 0.25) is 0 Å². The van der Waals surface area contributed by atoms with Gasteiger partial charge in [-0.15, -0.1) is 0 Å². The summed E-state index contributed by atoms with van der Waals surface area (Å²) in [6, 6.07) is 29.4. The number of hydrogen-bond donors (Lipinski definition) is 0. The first-order valence-electron chi connectivity index (χ1n) is 11.8. The van der Waals surface area contributed by atoms with Gasteiger partial charge in [0.15, 0.2) is 0 Å². The topological polar surface area (TPSA) is 35.1 Å². The second-order valence-electron chi connectivity index (χ2n) is 9.00. The summed E-state index contributed by atoms with van der Waals surface area (Å²) in [7, 11) is 2.10. The molecule has 0 fully saturated rings. The normalized spacial score (nSPS) is 12.2. The summed E-state index contributed by atoms with van der Waals surface area (Å²) in [5.74, 6) is 1.95. The van der Waals surface area contributed by atoms with Gasteiger partial charge >= 0.3 is 0 Å². The predicted octanol–water partition coefficient (Wildman–Crippen LogP) is 7.45. The van der Waals surface area contributed by atoms with E-state index >= 15 is 0 Å². The Labute approximate surface area is 200 Å². The number of ketones is 1. The summed E-state index contributed by atoms with van der Waals surface area (Å²) >= 11 is 0. The SMILES string of the molecule is CC(=O)CCc1c(-c2ccccc2)oc(C)c1C(c1ccccc1)c1cn(C)c2ccccc12.